The molecule has 2 aromatic rings. The SMILES string of the molecule is O=C(Nc1ccc(F)c(F)c1)c1cc(S(=O)(=O)C[C@H]2CCOC2)ccc1F. The van der Waals surface area contributed by atoms with Gasteiger partial charge >= 0.3 is 0 Å². The van der Waals surface area contributed by atoms with E-state index in [2.05, 4.69) is 5.32 Å². The van der Waals surface area contributed by atoms with Crippen molar-refractivity contribution in [2.24, 2.45) is 5.92 Å². The molecule has 5 nitrogen and oxygen atoms in total. The molecule has 1 fully saturated rings. The molecule has 0 aromatic heterocycles. The highest BCUT2D eigenvalue weighted by Gasteiger charge is 2.26. The molecule has 3 rings (SSSR count). The third kappa shape index (κ3) is 4.48. The van der Waals surface area contributed by atoms with Crippen LogP contribution in [-0.4, -0.2) is 33.3 Å². The molecule has 2 aromatic carbocycles. The lowest BCUT2D eigenvalue weighted by Crippen LogP contribution is -2.18. The summed E-state index contributed by atoms with van der Waals surface area (Å²) < 4.78 is 70.4. The summed E-state index contributed by atoms with van der Waals surface area (Å²) in [5.41, 5.74) is -0.599. The molecule has 0 radical (unpaired) electrons. The Morgan fingerprint density at radius 2 is 1.81 bits per heavy atom. The monoisotopic (exact) mass is 399 g/mol. The van der Waals surface area contributed by atoms with Gasteiger partial charge in [0.2, 0.25) is 0 Å². The number of carbonyl (C=O) groups is 1. The first-order valence-electron chi connectivity index (χ1n) is 8.13. The fourth-order valence-electron chi connectivity index (χ4n) is 2.77. The van der Waals surface area contributed by atoms with E-state index in [1.807, 2.05) is 0 Å². The van der Waals surface area contributed by atoms with Crippen LogP contribution in [0.4, 0.5) is 18.9 Å². The fraction of sp³-hybridized carbons (Fsp3) is 0.278. The van der Waals surface area contributed by atoms with E-state index in [1.165, 1.54) is 0 Å². The van der Waals surface area contributed by atoms with Crippen LogP contribution in [0.3, 0.4) is 0 Å². The predicted octanol–water partition coefficient (Wildman–Crippen LogP) is 3.17. The van der Waals surface area contributed by atoms with Crippen molar-refractivity contribution >= 4 is 21.4 Å². The molecule has 0 saturated carbocycles. The molecule has 1 saturated heterocycles. The third-order valence-electron chi connectivity index (χ3n) is 4.20. The minimum absolute atomic E-state index is 0.0883. The number of benzene rings is 2. The molecule has 27 heavy (non-hydrogen) atoms. The number of sulfone groups is 1. The Hall–Kier alpha value is -2.39. The second-order valence-corrected chi connectivity index (χ2v) is 8.27. The number of carbonyl (C=O) groups excluding carboxylic acids is 1. The zero-order valence-corrected chi connectivity index (χ0v) is 14.9. The van der Waals surface area contributed by atoms with Gasteiger partial charge in [0.25, 0.3) is 5.91 Å². The van der Waals surface area contributed by atoms with E-state index >= 15 is 0 Å². The number of hydrogen-bond donors (Lipinski definition) is 1. The largest absolute Gasteiger partial charge is 0.381 e. The maximum Gasteiger partial charge on any atom is 0.258 e. The van der Waals surface area contributed by atoms with Crippen LogP contribution in [0.5, 0.6) is 0 Å². The first-order valence-corrected chi connectivity index (χ1v) is 9.78. The van der Waals surface area contributed by atoms with Gasteiger partial charge in [-0.15, -0.1) is 0 Å². The van der Waals surface area contributed by atoms with Crippen molar-refractivity contribution in [2.75, 3.05) is 24.3 Å². The molecular formula is C18H16F3NO4S. The molecule has 1 heterocycles. The van der Waals surface area contributed by atoms with E-state index in [-0.39, 0.29) is 22.3 Å². The van der Waals surface area contributed by atoms with Crippen LogP contribution in [0.15, 0.2) is 41.3 Å². The lowest BCUT2D eigenvalue weighted by molar-refractivity contribution is 0.102. The number of ether oxygens (including phenoxy) is 1. The summed E-state index contributed by atoms with van der Waals surface area (Å²) in [5.74, 6) is -4.49. The molecule has 0 unspecified atom stereocenters. The van der Waals surface area contributed by atoms with Gasteiger partial charge in [0.1, 0.15) is 5.82 Å². The second kappa shape index (κ2) is 7.69. The van der Waals surface area contributed by atoms with Crippen molar-refractivity contribution in [3.05, 3.63) is 59.4 Å². The average Bonchev–Trinajstić information content (AvgIpc) is 3.10. The number of nitrogens with one attached hydrogen (secondary N) is 1. The average molecular weight is 399 g/mol. The summed E-state index contributed by atoms with van der Waals surface area (Å²) in [6.07, 6.45) is 0.615. The number of rotatable bonds is 5. The van der Waals surface area contributed by atoms with Gasteiger partial charge in [-0.3, -0.25) is 4.79 Å². The van der Waals surface area contributed by atoms with Gasteiger partial charge in [0.15, 0.2) is 21.5 Å². The van der Waals surface area contributed by atoms with E-state index in [0.717, 1.165) is 36.4 Å². The minimum Gasteiger partial charge on any atom is -0.381 e. The minimum atomic E-state index is -3.74. The summed E-state index contributed by atoms with van der Waals surface area (Å²) in [5, 5.41) is 2.22. The summed E-state index contributed by atoms with van der Waals surface area (Å²) in [7, 11) is -3.74. The molecule has 0 bridgehead atoms. The fourth-order valence-corrected chi connectivity index (χ4v) is 4.41. The van der Waals surface area contributed by atoms with Crippen LogP contribution in [0.25, 0.3) is 0 Å². The van der Waals surface area contributed by atoms with Crippen molar-refractivity contribution in [3.8, 4) is 0 Å². The standard InChI is InChI=1S/C18H16F3NO4S/c19-15-4-2-13(27(24,25)10-11-5-6-26-9-11)8-14(15)18(23)22-12-1-3-16(20)17(21)7-12/h1-4,7-8,11H,5-6,9-10H2,(H,22,23)/t11-/m0/s1. The third-order valence-corrected chi connectivity index (χ3v) is 6.08. The van der Waals surface area contributed by atoms with Gasteiger partial charge in [0.05, 0.1) is 22.8 Å². The molecule has 9 heteroatoms. The Bertz CT molecular complexity index is 973. The van der Waals surface area contributed by atoms with E-state index in [0.29, 0.717) is 19.6 Å². The lowest BCUT2D eigenvalue weighted by Gasteiger charge is -2.11. The van der Waals surface area contributed by atoms with Crippen LogP contribution in [0.2, 0.25) is 0 Å². The van der Waals surface area contributed by atoms with Gasteiger partial charge in [-0.25, -0.2) is 21.6 Å². The molecule has 0 spiro atoms. The number of amides is 1. The van der Waals surface area contributed by atoms with Crippen LogP contribution < -0.4 is 5.32 Å². The summed E-state index contributed by atoms with van der Waals surface area (Å²) >= 11 is 0. The predicted molar refractivity (Wildman–Crippen MR) is 91.7 cm³/mol. The Labute approximate surface area is 154 Å². The highest BCUT2D eigenvalue weighted by molar-refractivity contribution is 7.91. The smallest absolute Gasteiger partial charge is 0.258 e. The van der Waals surface area contributed by atoms with Gasteiger partial charge < -0.3 is 10.1 Å². The number of anilines is 1. The van der Waals surface area contributed by atoms with Crippen LogP contribution >= 0.6 is 0 Å². The summed E-state index contributed by atoms with van der Waals surface area (Å²) in [6.45, 7) is 0.829. The zero-order chi connectivity index (χ0) is 19.6. The maximum atomic E-state index is 14.0. The quantitative estimate of drug-likeness (QED) is 0.784. The molecule has 1 aliphatic heterocycles. The van der Waals surface area contributed by atoms with E-state index < -0.39 is 38.8 Å². The topological polar surface area (TPSA) is 72.5 Å². The normalized spacial score (nSPS) is 17.1. The van der Waals surface area contributed by atoms with Crippen molar-refractivity contribution in [3.63, 3.8) is 0 Å². The number of hydrogen-bond acceptors (Lipinski definition) is 4. The van der Waals surface area contributed by atoms with Crippen LogP contribution in [0.1, 0.15) is 16.8 Å². The summed E-state index contributed by atoms with van der Waals surface area (Å²) in [6, 6.07) is 5.58. The first-order chi connectivity index (χ1) is 12.8. The summed E-state index contributed by atoms with van der Waals surface area (Å²) in [4.78, 5) is 12.1. The molecule has 1 atom stereocenters. The highest BCUT2D eigenvalue weighted by Crippen LogP contribution is 2.23. The zero-order valence-electron chi connectivity index (χ0n) is 14.0. The Morgan fingerprint density at radius 3 is 2.48 bits per heavy atom. The van der Waals surface area contributed by atoms with E-state index in [9.17, 15) is 26.4 Å². The maximum absolute atomic E-state index is 14.0. The second-order valence-electron chi connectivity index (χ2n) is 6.24. The first kappa shape index (κ1) is 19.4. The van der Waals surface area contributed by atoms with E-state index in [1.54, 1.807) is 0 Å². The van der Waals surface area contributed by atoms with Crippen LogP contribution in [0, 0.1) is 23.4 Å². The van der Waals surface area contributed by atoms with Gasteiger partial charge in [-0.05, 0) is 42.7 Å². The lowest BCUT2D eigenvalue weighted by atomic mass is 10.2. The highest BCUT2D eigenvalue weighted by atomic mass is 32.2. The number of halogens is 3. The van der Waals surface area contributed by atoms with Crippen molar-refractivity contribution in [2.45, 2.75) is 11.3 Å². The Balaban J connectivity index is 1.83. The van der Waals surface area contributed by atoms with Gasteiger partial charge in [0, 0.05) is 18.4 Å². The van der Waals surface area contributed by atoms with Gasteiger partial charge in [-0.1, -0.05) is 0 Å². The van der Waals surface area contributed by atoms with Crippen molar-refractivity contribution in [1.82, 2.24) is 0 Å². The van der Waals surface area contributed by atoms with Crippen LogP contribution in [-0.2, 0) is 14.6 Å². The Kier molecular flexibility index (Phi) is 5.52. The molecule has 1 N–H and O–H groups in total. The molecule has 144 valence electrons. The molecular weight excluding hydrogens is 383 g/mol. The van der Waals surface area contributed by atoms with Gasteiger partial charge in [-0.2, -0.15) is 0 Å². The van der Waals surface area contributed by atoms with Crippen molar-refractivity contribution < 1.29 is 31.1 Å². The molecule has 1 amide bonds. The molecule has 0 aliphatic carbocycles. The Morgan fingerprint density at radius 1 is 1.07 bits per heavy atom. The van der Waals surface area contributed by atoms with E-state index in [4.69, 9.17) is 4.74 Å². The molecule has 1 aliphatic rings. The van der Waals surface area contributed by atoms with Crippen molar-refractivity contribution in [1.29, 1.82) is 0 Å².